The van der Waals surface area contributed by atoms with Gasteiger partial charge in [-0.25, -0.2) is 19.7 Å². The van der Waals surface area contributed by atoms with E-state index in [2.05, 4.69) is 20.0 Å². The van der Waals surface area contributed by atoms with Crippen molar-refractivity contribution >= 4 is 42.5 Å². The molecular weight excluding hydrogens is 551 g/mol. The van der Waals surface area contributed by atoms with Crippen LogP contribution in [0, 0.1) is 0 Å². The van der Waals surface area contributed by atoms with Gasteiger partial charge in [-0.2, -0.15) is 9.97 Å². The number of carboxylic acids is 3. The number of carbonyl (C=O) groups is 3. The zero-order chi connectivity index (χ0) is 29.7. The van der Waals surface area contributed by atoms with Gasteiger partial charge in [0.15, 0.2) is 11.2 Å². The van der Waals surface area contributed by atoms with Crippen LogP contribution in [0.2, 0.25) is 0 Å². The molecule has 0 aliphatic rings. The molecule has 2 heterocycles. The maximum Gasteiger partial charge on any atom is 0.328 e. The van der Waals surface area contributed by atoms with E-state index in [1.807, 2.05) is 30.3 Å². The number of nitrogen functional groups attached to an aromatic ring is 1. The van der Waals surface area contributed by atoms with Gasteiger partial charge in [-0.05, 0) is 12.5 Å². The number of imidazole rings is 1. The molecule has 3 rings (SSSR count). The number of aliphatic carboxylic acids is 3. The van der Waals surface area contributed by atoms with E-state index in [0.29, 0.717) is 29.9 Å². The first kappa shape index (κ1) is 31.8. The molecule has 0 aliphatic heterocycles. The van der Waals surface area contributed by atoms with Gasteiger partial charge >= 0.3 is 17.9 Å². The SMILES string of the molecule is COc1nc(N)nc2c1ncn2CCOCP(=O)(N[C@@H](C)C(=O)O)OCc1ccccc1.O=C(O)/C=C/C(=O)O. The third kappa shape index (κ3) is 10.4. The molecule has 1 unspecified atom stereocenters. The molecule has 0 spiro atoms. The van der Waals surface area contributed by atoms with Crippen LogP contribution in [0.25, 0.3) is 11.2 Å². The van der Waals surface area contributed by atoms with E-state index in [9.17, 15) is 24.1 Å². The third-order valence-electron chi connectivity index (χ3n) is 4.79. The Balaban J connectivity index is 0.000000611. The summed E-state index contributed by atoms with van der Waals surface area (Å²) >= 11 is 0. The average Bonchev–Trinajstić information content (AvgIpc) is 3.32. The minimum Gasteiger partial charge on any atom is -0.480 e. The summed E-state index contributed by atoms with van der Waals surface area (Å²) in [5.41, 5.74) is 7.43. The Morgan fingerprint density at radius 1 is 1.12 bits per heavy atom. The number of nitrogens with one attached hydrogen (secondary N) is 1. The van der Waals surface area contributed by atoms with E-state index in [-0.39, 0.29) is 31.4 Å². The molecule has 0 radical (unpaired) electrons. The molecule has 2 atom stereocenters. The number of carboxylic acid groups (broad SMARTS) is 3. The largest absolute Gasteiger partial charge is 0.480 e. The second-order valence-electron chi connectivity index (χ2n) is 7.87. The van der Waals surface area contributed by atoms with Crippen molar-refractivity contribution in [1.29, 1.82) is 0 Å². The quantitative estimate of drug-likeness (QED) is 0.103. The third-order valence-corrected chi connectivity index (χ3v) is 6.64. The van der Waals surface area contributed by atoms with Gasteiger partial charge in [-0.3, -0.25) is 9.36 Å². The standard InChI is InChI=1S/C19H25N6O6P.C4H4O4/c1-13(18(26)27)24-32(28,31-10-14-6-4-3-5-7-14)12-30-9-8-25-11-21-15-16(25)22-19(20)23-17(15)29-2;5-3(6)1-2-4(7)8/h3-7,11,13H,8-10,12H2,1-2H3,(H,24,28)(H,26,27)(H2,20,22,23);1-2H,(H,5,6)(H,7,8)/b;2-1+/t13-,32?;/m0./s1. The van der Waals surface area contributed by atoms with Crippen molar-refractivity contribution in [2.75, 3.05) is 25.8 Å². The Bertz CT molecular complexity index is 1370. The summed E-state index contributed by atoms with van der Waals surface area (Å²) in [4.78, 5) is 42.7. The van der Waals surface area contributed by atoms with E-state index in [4.69, 9.17) is 29.9 Å². The topological polar surface area (TPSA) is 238 Å². The number of rotatable bonds is 14. The number of methoxy groups -OCH3 is 1. The van der Waals surface area contributed by atoms with Crippen LogP contribution < -0.4 is 15.6 Å². The van der Waals surface area contributed by atoms with Crippen LogP contribution in [-0.4, -0.2) is 78.9 Å². The zero-order valence-electron chi connectivity index (χ0n) is 21.5. The van der Waals surface area contributed by atoms with Gasteiger partial charge in [0.2, 0.25) is 11.8 Å². The summed E-state index contributed by atoms with van der Waals surface area (Å²) in [6.45, 7) is 1.89. The van der Waals surface area contributed by atoms with Crippen molar-refractivity contribution in [2.45, 2.75) is 26.1 Å². The number of fused-ring (bicyclic) bond motifs is 1. The van der Waals surface area contributed by atoms with Crippen LogP contribution >= 0.6 is 7.52 Å². The summed E-state index contributed by atoms with van der Waals surface area (Å²) in [5.74, 6) is -3.36. The molecule has 40 heavy (non-hydrogen) atoms. The molecule has 0 bridgehead atoms. The van der Waals surface area contributed by atoms with Crippen LogP contribution in [-0.2, 0) is 41.4 Å². The fourth-order valence-corrected chi connectivity index (χ4v) is 4.60. The average molecular weight is 580 g/mol. The van der Waals surface area contributed by atoms with Crippen LogP contribution in [0.1, 0.15) is 12.5 Å². The fraction of sp³-hybridized carbons (Fsp3) is 0.304. The molecule has 17 heteroatoms. The van der Waals surface area contributed by atoms with E-state index in [1.165, 1.54) is 14.0 Å². The lowest BCUT2D eigenvalue weighted by Crippen LogP contribution is -2.33. The normalized spacial score (nSPS) is 13.2. The van der Waals surface area contributed by atoms with Crippen molar-refractivity contribution < 1.29 is 48.3 Å². The van der Waals surface area contributed by atoms with Crippen molar-refractivity contribution in [1.82, 2.24) is 24.6 Å². The first-order valence-electron chi connectivity index (χ1n) is 11.5. The number of hydrogen-bond donors (Lipinski definition) is 5. The molecule has 6 N–H and O–H groups in total. The highest BCUT2D eigenvalue weighted by Gasteiger charge is 2.29. The number of ether oxygens (including phenoxy) is 2. The van der Waals surface area contributed by atoms with Crippen molar-refractivity contribution in [2.24, 2.45) is 0 Å². The Morgan fingerprint density at radius 3 is 2.35 bits per heavy atom. The molecule has 0 saturated carbocycles. The number of nitrogens with two attached hydrogens (primary N) is 1. The second kappa shape index (κ2) is 15.3. The minimum atomic E-state index is -3.61. The summed E-state index contributed by atoms with van der Waals surface area (Å²) < 4.78 is 31.2. The molecule has 3 aromatic rings. The van der Waals surface area contributed by atoms with Gasteiger partial charge in [-0.15, -0.1) is 0 Å². The number of aromatic nitrogens is 4. The molecule has 1 aromatic carbocycles. The Labute approximate surface area is 227 Å². The molecule has 16 nitrogen and oxygen atoms in total. The maximum atomic E-state index is 13.2. The predicted octanol–water partition coefficient (Wildman–Crippen LogP) is 1.58. The lowest BCUT2D eigenvalue weighted by Gasteiger charge is -2.22. The van der Waals surface area contributed by atoms with E-state index in [0.717, 1.165) is 5.56 Å². The van der Waals surface area contributed by atoms with Gasteiger partial charge in [0.25, 0.3) is 7.52 Å². The number of benzene rings is 1. The molecule has 0 saturated heterocycles. The van der Waals surface area contributed by atoms with Crippen molar-refractivity contribution in [3.8, 4) is 5.88 Å². The Hall–Kier alpha value is -4.37. The highest BCUT2D eigenvalue weighted by atomic mass is 31.2. The monoisotopic (exact) mass is 580 g/mol. The van der Waals surface area contributed by atoms with Gasteiger partial charge in [0, 0.05) is 18.7 Å². The lowest BCUT2D eigenvalue weighted by atomic mass is 10.2. The smallest absolute Gasteiger partial charge is 0.328 e. The molecule has 0 aliphatic carbocycles. The zero-order valence-corrected chi connectivity index (χ0v) is 22.4. The van der Waals surface area contributed by atoms with Gasteiger partial charge in [0.05, 0.1) is 26.7 Å². The molecular formula is C23H29N6O10P. The van der Waals surface area contributed by atoms with Gasteiger partial charge < -0.3 is 39.6 Å². The van der Waals surface area contributed by atoms with Crippen LogP contribution in [0.15, 0.2) is 48.8 Å². The van der Waals surface area contributed by atoms with Crippen molar-refractivity contribution in [3.05, 3.63) is 54.4 Å². The Morgan fingerprint density at radius 2 is 1.77 bits per heavy atom. The highest BCUT2D eigenvalue weighted by molar-refractivity contribution is 7.56. The summed E-state index contributed by atoms with van der Waals surface area (Å²) in [5, 5.41) is 27.3. The molecule has 2 aromatic heterocycles. The Kier molecular flexibility index (Phi) is 12.2. The first-order chi connectivity index (χ1) is 18.9. The van der Waals surface area contributed by atoms with E-state index < -0.39 is 31.5 Å². The highest BCUT2D eigenvalue weighted by Crippen LogP contribution is 2.44. The molecule has 0 fully saturated rings. The molecule has 216 valence electrons. The van der Waals surface area contributed by atoms with Gasteiger partial charge in [0.1, 0.15) is 12.4 Å². The van der Waals surface area contributed by atoms with Crippen LogP contribution in [0.5, 0.6) is 5.88 Å². The minimum absolute atomic E-state index is 0.0442. The summed E-state index contributed by atoms with van der Waals surface area (Å²) in [7, 11) is -2.15. The summed E-state index contributed by atoms with van der Waals surface area (Å²) in [6, 6.07) is 8.06. The van der Waals surface area contributed by atoms with E-state index >= 15 is 0 Å². The number of hydrogen-bond acceptors (Lipinski definition) is 11. The predicted molar refractivity (Wildman–Crippen MR) is 141 cm³/mol. The van der Waals surface area contributed by atoms with E-state index in [1.54, 1.807) is 10.9 Å². The first-order valence-corrected chi connectivity index (χ1v) is 13.3. The second-order valence-corrected chi connectivity index (χ2v) is 9.99. The lowest BCUT2D eigenvalue weighted by molar-refractivity contribution is -0.138. The summed E-state index contributed by atoms with van der Waals surface area (Å²) in [6.07, 6.45) is 2.34. The van der Waals surface area contributed by atoms with Crippen LogP contribution in [0.4, 0.5) is 5.95 Å². The van der Waals surface area contributed by atoms with Crippen molar-refractivity contribution in [3.63, 3.8) is 0 Å². The maximum absolute atomic E-state index is 13.2. The van der Waals surface area contributed by atoms with Gasteiger partial charge in [-0.1, -0.05) is 30.3 Å². The number of anilines is 1. The number of nitrogens with zero attached hydrogens (tertiary/aromatic N) is 4. The fourth-order valence-electron chi connectivity index (χ4n) is 2.95. The van der Waals surface area contributed by atoms with Crippen LogP contribution in [0.3, 0.4) is 0 Å². The molecule has 0 amide bonds.